The highest BCUT2D eigenvalue weighted by molar-refractivity contribution is 5.76. The number of aliphatic hydroxyl groups is 5. The van der Waals surface area contributed by atoms with Crippen molar-refractivity contribution in [3.63, 3.8) is 0 Å². The molecule has 0 spiro atoms. The molecule has 9 atom stereocenters. The average molecular weight is 435 g/mol. The van der Waals surface area contributed by atoms with E-state index < -0.39 is 73.7 Å². The van der Waals surface area contributed by atoms with E-state index in [1.54, 1.807) is 0 Å². The fourth-order valence-electron chi connectivity index (χ4n) is 3.13. The smallest absolute Gasteiger partial charge is 0.364 e. The van der Waals surface area contributed by atoms with Crippen molar-refractivity contribution in [1.29, 1.82) is 0 Å². The van der Waals surface area contributed by atoms with Crippen LogP contribution < -0.4 is 0 Å². The molecule has 0 saturated carbocycles. The molecular weight excluding hydrogens is 410 g/mol. The minimum absolute atomic E-state index is 0.235. The third-order valence-electron chi connectivity index (χ3n) is 4.76. The van der Waals surface area contributed by atoms with Crippen molar-refractivity contribution in [2.24, 2.45) is 5.11 Å². The number of carbonyl (C=O) groups is 1. The lowest BCUT2D eigenvalue weighted by molar-refractivity contribution is -0.326. The first-order chi connectivity index (χ1) is 14.2. The van der Waals surface area contributed by atoms with Gasteiger partial charge in [0.2, 0.25) is 0 Å². The minimum atomic E-state index is -2.34. The van der Waals surface area contributed by atoms with Gasteiger partial charge in [-0.2, -0.15) is 0 Å². The first kappa shape index (κ1) is 24.4. The largest absolute Gasteiger partial charge is 0.477 e. The zero-order valence-corrected chi connectivity index (χ0v) is 15.8. The normalized spacial score (nSPS) is 40.2. The van der Waals surface area contributed by atoms with E-state index in [1.165, 1.54) is 6.08 Å². The van der Waals surface area contributed by atoms with Crippen LogP contribution >= 0.6 is 0 Å². The standard InChI is InChI=1S/C16H25N3O11/c1-2-3-29-16(15(25)26)4-8(20)11(23)13(30-16)9(21)6-28-14-12(24)10(22)7(5-27-14)18-19-17/h2,7-14,20-24H,1,3-6H2,(H,25,26)/t7-,8+,9+,10-,11+,12+,13+,14+,16+/m0/s1. The van der Waals surface area contributed by atoms with Gasteiger partial charge in [0.25, 0.3) is 5.79 Å². The summed E-state index contributed by atoms with van der Waals surface area (Å²) in [6.45, 7) is 2.27. The Labute approximate surface area is 170 Å². The van der Waals surface area contributed by atoms with Crippen molar-refractivity contribution in [3.8, 4) is 0 Å². The van der Waals surface area contributed by atoms with Crippen LogP contribution in [0.25, 0.3) is 10.4 Å². The van der Waals surface area contributed by atoms with Crippen molar-refractivity contribution < 1.29 is 54.4 Å². The number of carboxylic acid groups (broad SMARTS) is 1. The average Bonchev–Trinajstić information content (AvgIpc) is 2.71. The van der Waals surface area contributed by atoms with Crippen LogP contribution in [-0.2, 0) is 23.7 Å². The van der Waals surface area contributed by atoms with Gasteiger partial charge >= 0.3 is 5.97 Å². The topological polar surface area (TPSA) is 224 Å². The van der Waals surface area contributed by atoms with Gasteiger partial charge in [-0.1, -0.05) is 11.2 Å². The molecule has 2 fully saturated rings. The summed E-state index contributed by atoms with van der Waals surface area (Å²) in [5, 5.41) is 63.3. The molecule has 0 aromatic carbocycles. The third kappa shape index (κ3) is 5.25. The summed E-state index contributed by atoms with van der Waals surface area (Å²) in [5.74, 6) is -3.91. The van der Waals surface area contributed by atoms with Gasteiger partial charge in [-0.25, -0.2) is 4.79 Å². The maximum atomic E-state index is 11.7. The van der Waals surface area contributed by atoms with E-state index in [9.17, 15) is 35.4 Å². The number of azide groups is 1. The summed E-state index contributed by atoms with van der Waals surface area (Å²) in [5.41, 5.74) is 8.42. The van der Waals surface area contributed by atoms with Crippen molar-refractivity contribution in [2.75, 3.05) is 19.8 Å². The molecule has 170 valence electrons. The highest BCUT2D eigenvalue weighted by atomic mass is 16.7. The molecule has 2 aliphatic heterocycles. The highest BCUT2D eigenvalue weighted by Crippen LogP contribution is 2.33. The summed E-state index contributed by atoms with van der Waals surface area (Å²) in [6.07, 6.45) is -10.4. The molecule has 0 aromatic rings. The molecule has 2 heterocycles. The molecule has 0 aromatic heterocycles. The molecule has 0 bridgehead atoms. The van der Waals surface area contributed by atoms with Crippen LogP contribution in [0.3, 0.4) is 0 Å². The maximum Gasteiger partial charge on any atom is 0.364 e. The molecular formula is C16H25N3O11. The predicted molar refractivity (Wildman–Crippen MR) is 94.7 cm³/mol. The number of aliphatic hydroxyl groups excluding tert-OH is 5. The summed E-state index contributed by atoms with van der Waals surface area (Å²) in [7, 11) is 0. The van der Waals surface area contributed by atoms with Crippen LogP contribution in [0.1, 0.15) is 6.42 Å². The number of nitrogens with zero attached hydrogens (tertiary/aromatic N) is 3. The molecule has 30 heavy (non-hydrogen) atoms. The minimum Gasteiger partial charge on any atom is -0.477 e. The van der Waals surface area contributed by atoms with Crippen LogP contribution in [-0.4, -0.2) is 111 Å². The van der Waals surface area contributed by atoms with E-state index in [2.05, 4.69) is 16.6 Å². The van der Waals surface area contributed by atoms with Gasteiger partial charge < -0.3 is 49.6 Å². The number of hydrogen-bond acceptors (Lipinski definition) is 11. The molecule has 0 aliphatic carbocycles. The lowest BCUT2D eigenvalue weighted by Gasteiger charge is -2.44. The monoisotopic (exact) mass is 435 g/mol. The van der Waals surface area contributed by atoms with Crippen LogP contribution in [0.2, 0.25) is 0 Å². The molecule has 2 rings (SSSR count). The fraction of sp³-hybridized carbons (Fsp3) is 0.812. The Morgan fingerprint density at radius 2 is 2.03 bits per heavy atom. The zero-order chi connectivity index (χ0) is 22.5. The molecule has 2 saturated heterocycles. The second-order valence-corrected chi connectivity index (χ2v) is 6.86. The molecule has 14 nitrogen and oxygen atoms in total. The first-order valence-electron chi connectivity index (χ1n) is 9.00. The van der Waals surface area contributed by atoms with Gasteiger partial charge in [0.15, 0.2) is 6.29 Å². The lowest BCUT2D eigenvalue weighted by Crippen LogP contribution is -2.63. The van der Waals surface area contributed by atoms with E-state index in [4.69, 9.17) is 24.5 Å². The van der Waals surface area contributed by atoms with Gasteiger partial charge in [0.1, 0.15) is 24.4 Å². The lowest BCUT2D eigenvalue weighted by atomic mass is 9.92. The Bertz CT molecular complexity index is 660. The summed E-state index contributed by atoms with van der Waals surface area (Å²) < 4.78 is 20.8. The number of aliphatic carboxylic acids is 1. The third-order valence-corrected chi connectivity index (χ3v) is 4.76. The van der Waals surface area contributed by atoms with Gasteiger partial charge in [-0.15, -0.1) is 6.58 Å². The Hall–Kier alpha value is -1.84. The Kier molecular flexibility index (Phi) is 8.52. The van der Waals surface area contributed by atoms with Gasteiger partial charge in [0.05, 0.1) is 38.1 Å². The van der Waals surface area contributed by atoms with E-state index in [-0.39, 0.29) is 13.2 Å². The van der Waals surface area contributed by atoms with E-state index in [0.717, 1.165) is 0 Å². The van der Waals surface area contributed by atoms with Crippen LogP contribution in [0.5, 0.6) is 0 Å². The fourth-order valence-corrected chi connectivity index (χ4v) is 3.13. The van der Waals surface area contributed by atoms with Crippen LogP contribution in [0, 0.1) is 0 Å². The number of hydrogen-bond donors (Lipinski definition) is 6. The zero-order valence-electron chi connectivity index (χ0n) is 15.8. The second kappa shape index (κ2) is 10.5. The van der Waals surface area contributed by atoms with E-state index in [1.807, 2.05) is 0 Å². The predicted octanol–water partition coefficient (Wildman–Crippen LogP) is -2.38. The molecule has 14 heteroatoms. The maximum absolute atomic E-state index is 11.7. The van der Waals surface area contributed by atoms with E-state index in [0.29, 0.717) is 0 Å². The summed E-state index contributed by atoms with van der Waals surface area (Å²) >= 11 is 0. The van der Waals surface area contributed by atoms with E-state index >= 15 is 0 Å². The van der Waals surface area contributed by atoms with Crippen molar-refractivity contribution in [2.45, 2.75) is 61.2 Å². The molecule has 2 aliphatic rings. The van der Waals surface area contributed by atoms with Crippen LogP contribution in [0.15, 0.2) is 17.8 Å². The number of rotatable bonds is 9. The SMILES string of the molecule is C=CCO[C@]1(C(=O)O)C[C@@H](O)[C@@H](O)[C@@H]([C@H](O)CO[C@H]2OC[C@H](N=[N+]=[N-])[C@H](O)[C@H]2O)O1. The molecule has 0 amide bonds. The van der Waals surface area contributed by atoms with Crippen molar-refractivity contribution in [1.82, 2.24) is 0 Å². The summed E-state index contributed by atoms with van der Waals surface area (Å²) in [6, 6.07) is -1.04. The van der Waals surface area contributed by atoms with Gasteiger partial charge in [0, 0.05) is 11.3 Å². The second-order valence-electron chi connectivity index (χ2n) is 6.86. The Balaban J connectivity index is 2.04. The van der Waals surface area contributed by atoms with Gasteiger partial charge in [-0.3, -0.25) is 0 Å². The molecule has 0 radical (unpaired) electrons. The molecule has 6 N–H and O–H groups in total. The first-order valence-corrected chi connectivity index (χ1v) is 9.00. The quantitative estimate of drug-likeness (QED) is 0.0969. The number of ether oxygens (including phenoxy) is 4. The van der Waals surface area contributed by atoms with Crippen molar-refractivity contribution >= 4 is 5.97 Å². The molecule has 0 unspecified atom stereocenters. The van der Waals surface area contributed by atoms with Crippen LogP contribution in [0.4, 0.5) is 0 Å². The summed E-state index contributed by atoms with van der Waals surface area (Å²) in [4.78, 5) is 14.2. The van der Waals surface area contributed by atoms with Gasteiger partial charge in [-0.05, 0) is 5.53 Å². The number of carboxylic acids is 1. The highest BCUT2D eigenvalue weighted by Gasteiger charge is 2.54. The Morgan fingerprint density at radius 3 is 2.63 bits per heavy atom. The van der Waals surface area contributed by atoms with Crippen molar-refractivity contribution in [3.05, 3.63) is 23.1 Å². The Morgan fingerprint density at radius 1 is 1.33 bits per heavy atom.